The van der Waals surface area contributed by atoms with Crippen molar-refractivity contribution in [3.8, 4) is 0 Å². The molecule has 3 heteroatoms. The summed E-state index contributed by atoms with van der Waals surface area (Å²) < 4.78 is 0. The number of carbonyl (C=O) groups is 1. The summed E-state index contributed by atoms with van der Waals surface area (Å²) >= 11 is 0. The Bertz CT molecular complexity index is 198. The lowest BCUT2D eigenvalue weighted by molar-refractivity contribution is -0.134. The average molecular weight is 212 g/mol. The lowest BCUT2D eigenvalue weighted by atomic mass is 10.0. The summed E-state index contributed by atoms with van der Waals surface area (Å²) in [7, 11) is 2.15. The summed E-state index contributed by atoms with van der Waals surface area (Å²) in [6.45, 7) is 7.29. The van der Waals surface area contributed by atoms with Crippen molar-refractivity contribution in [3.05, 3.63) is 0 Å². The standard InChI is InChI=1S/C12H24N2O/c1-4-8-14(12(15)5-2)11-6-9-13(3)10-7-11/h11H,4-10H2,1-3H3. The topological polar surface area (TPSA) is 23.6 Å². The highest BCUT2D eigenvalue weighted by Crippen LogP contribution is 2.16. The fourth-order valence-corrected chi connectivity index (χ4v) is 2.26. The predicted molar refractivity (Wildman–Crippen MR) is 62.8 cm³/mol. The minimum absolute atomic E-state index is 0.325. The van der Waals surface area contributed by atoms with E-state index in [0.717, 1.165) is 38.9 Å². The van der Waals surface area contributed by atoms with Gasteiger partial charge < -0.3 is 9.80 Å². The third-order valence-corrected chi connectivity index (χ3v) is 3.22. The summed E-state index contributed by atoms with van der Waals surface area (Å²) in [6.07, 6.45) is 3.99. The van der Waals surface area contributed by atoms with E-state index in [-0.39, 0.29) is 0 Å². The van der Waals surface area contributed by atoms with Gasteiger partial charge in [-0.25, -0.2) is 0 Å². The highest BCUT2D eigenvalue weighted by Gasteiger charge is 2.24. The van der Waals surface area contributed by atoms with E-state index in [1.165, 1.54) is 0 Å². The van der Waals surface area contributed by atoms with Crippen molar-refractivity contribution < 1.29 is 4.79 Å². The van der Waals surface area contributed by atoms with E-state index in [4.69, 9.17) is 0 Å². The molecule has 0 aromatic heterocycles. The molecule has 0 radical (unpaired) electrons. The van der Waals surface area contributed by atoms with Crippen molar-refractivity contribution in [2.45, 2.75) is 45.6 Å². The molecule has 0 N–H and O–H groups in total. The molecule has 0 saturated carbocycles. The zero-order valence-electron chi connectivity index (χ0n) is 10.3. The van der Waals surface area contributed by atoms with Crippen LogP contribution in [0.1, 0.15) is 39.5 Å². The van der Waals surface area contributed by atoms with Crippen LogP contribution >= 0.6 is 0 Å². The Morgan fingerprint density at radius 3 is 2.40 bits per heavy atom. The van der Waals surface area contributed by atoms with Gasteiger partial charge in [-0.05, 0) is 39.4 Å². The Kier molecular flexibility index (Phi) is 5.09. The van der Waals surface area contributed by atoms with E-state index in [9.17, 15) is 4.79 Å². The van der Waals surface area contributed by atoms with Crippen LogP contribution in [0.25, 0.3) is 0 Å². The second-order valence-electron chi connectivity index (χ2n) is 4.48. The van der Waals surface area contributed by atoms with Gasteiger partial charge in [0.25, 0.3) is 0 Å². The minimum atomic E-state index is 0.325. The lowest BCUT2D eigenvalue weighted by Gasteiger charge is -2.37. The van der Waals surface area contributed by atoms with Crippen molar-refractivity contribution in [1.29, 1.82) is 0 Å². The van der Waals surface area contributed by atoms with Crippen LogP contribution in [0.3, 0.4) is 0 Å². The van der Waals surface area contributed by atoms with Crippen molar-refractivity contribution >= 4 is 5.91 Å². The quantitative estimate of drug-likeness (QED) is 0.708. The van der Waals surface area contributed by atoms with Crippen LogP contribution < -0.4 is 0 Å². The number of amides is 1. The second-order valence-corrected chi connectivity index (χ2v) is 4.48. The van der Waals surface area contributed by atoms with Crippen LogP contribution in [-0.2, 0) is 4.79 Å². The van der Waals surface area contributed by atoms with E-state index in [1.54, 1.807) is 0 Å². The summed E-state index contributed by atoms with van der Waals surface area (Å²) in [4.78, 5) is 16.2. The third kappa shape index (κ3) is 3.49. The molecule has 0 atom stereocenters. The van der Waals surface area contributed by atoms with Gasteiger partial charge in [0.1, 0.15) is 0 Å². The summed E-state index contributed by atoms with van der Waals surface area (Å²) in [5.41, 5.74) is 0. The SMILES string of the molecule is CCCN(C(=O)CC)C1CCN(C)CC1. The van der Waals surface area contributed by atoms with Crippen molar-refractivity contribution in [1.82, 2.24) is 9.80 Å². The molecule has 1 amide bonds. The molecule has 15 heavy (non-hydrogen) atoms. The maximum atomic E-state index is 11.8. The van der Waals surface area contributed by atoms with Gasteiger partial charge in [0, 0.05) is 19.0 Å². The number of hydrogen-bond acceptors (Lipinski definition) is 2. The first-order valence-corrected chi connectivity index (χ1v) is 6.17. The Morgan fingerprint density at radius 1 is 1.33 bits per heavy atom. The fourth-order valence-electron chi connectivity index (χ4n) is 2.26. The van der Waals surface area contributed by atoms with E-state index in [0.29, 0.717) is 18.4 Å². The van der Waals surface area contributed by atoms with Gasteiger partial charge in [0.15, 0.2) is 0 Å². The number of nitrogens with zero attached hydrogens (tertiary/aromatic N) is 2. The molecule has 1 rings (SSSR count). The van der Waals surface area contributed by atoms with Crippen LogP contribution in [0.2, 0.25) is 0 Å². The molecule has 0 spiro atoms. The van der Waals surface area contributed by atoms with Gasteiger partial charge in [-0.3, -0.25) is 4.79 Å². The van der Waals surface area contributed by atoms with E-state index < -0.39 is 0 Å². The number of likely N-dealkylation sites (tertiary alicyclic amines) is 1. The molecule has 1 aliphatic heterocycles. The smallest absolute Gasteiger partial charge is 0.222 e. The molecule has 1 aliphatic rings. The highest BCUT2D eigenvalue weighted by molar-refractivity contribution is 5.76. The monoisotopic (exact) mass is 212 g/mol. The van der Waals surface area contributed by atoms with Gasteiger partial charge in [-0.1, -0.05) is 13.8 Å². The fraction of sp³-hybridized carbons (Fsp3) is 0.917. The van der Waals surface area contributed by atoms with Crippen LogP contribution in [0.4, 0.5) is 0 Å². The third-order valence-electron chi connectivity index (χ3n) is 3.22. The number of hydrogen-bond donors (Lipinski definition) is 0. The second kappa shape index (κ2) is 6.11. The summed E-state index contributed by atoms with van der Waals surface area (Å²) in [5, 5.41) is 0. The molecule has 1 fully saturated rings. The number of piperidine rings is 1. The minimum Gasteiger partial charge on any atom is -0.340 e. The normalized spacial score (nSPS) is 19.1. The van der Waals surface area contributed by atoms with Gasteiger partial charge in [-0.2, -0.15) is 0 Å². The van der Waals surface area contributed by atoms with E-state index in [1.807, 2.05) is 6.92 Å². The van der Waals surface area contributed by atoms with Crippen molar-refractivity contribution in [2.75, 3.05) is 26.7 Å². The van der Waals surface area contributed by atoms with Crippen molar-refractivity contribution in [3.63, 3.8) is 0 Å². The molecular weight excluding hydrogens is 188 g/mol. The van der Waals surface area contributed by atoms with Crippen molar-refractivity contribution in [2.24, 2.45) is 0 Å². The van der Waals surface area contributed by atoms with Gasteiger partial charge in [0.2, 0.25) is 5.91 Å². The molecule has 0 aliphatic carbocycles. The molecule has 0 aromatic rings. The van der Waals surface area contributed by atoms with Gasteiger partial charge >= 0.3 is 0 Å². The van der Waals surface area contributed by atoms with E-state index in [2.05, 4.69) is 23.8 Å². The first kappa shape index (κ1) is 12.5. The Hall–Kier alpha value is -0.570. The maximum Gasteiger partial charge on any atom is 0.222 e. The number of carbonyl (C=O) groups excluding carboxylic acids is 1. The molecule has 88 valence electrons. The van der Waals surface area contributed by atoms with E-state index >= 15 is 0 Å². The Morgan fingerprint density at radius 2 is 1.93 bits per heavy atom. The molecule has 1 saturated heterocycles. The average Bonchev–Trinajstić information content (AvgIpc) is 2.26. The predicted octanol–water partition coefficient (Wildman–Crippen LogP) is 1.73. The first-order chi connectivity index (χ1) is 7.19. The zero-order chi connectivity index (χ0) is 11.3. The molecule has 1 heterocycles. The molecule has 0 aromatic carbocycles. The Labute approximate surface area is 93.4 Å². The largest absolute Gasteiger partial charge is 0.340 e. The van der Waals surface area contributed by atoms with Gasteiger partial charge in [-0.15, -0.1) is 0 Å². The van der Waals surface area contributed by atoms with Crippen LogP contribution in [0.5, 0.6) is 0 Å². The Balaban J connectivity index is 2.51. The molecule has 0 unspecified atom stereocenters. The van der Waals surface area contributed by atoms with Crippen LogP contribution in [0.15, 0.2) is 0 Å². The molecule has 3 nitrogen and oxygen atoms in total. The summed E-state index contributed by atoms with van der Waals surface area (Å²) in [6, 6.07) is 0.494. The highest BCUT2D eigenvalue weighted by atomic mass is 16.2. The summed E-state index contributed by atoms with van der Waals surface area (Å²) in [5.74, 6) is 0.325. The van der Waals surface area contributed by atoms with Gasteiger partial charge in [0.05, 0.1) is 0 Å². The molecular formula is C12H24N2O. The zero-order valence-corrected chi connectivity index (χ0v) is 10.3. The first-order valence-electron chi connectivity index (χ1n) is 6.17. The van der Waals surface area contributed by atoms with Crippen LogP contribution in [-0.4, -0.2) is 48.4 Å². The maximum absolute atomic E-state index is 11.8. The lowest BCUT2D eigenvalue weighted by Crippen LogP contribution is -2.46. The van der Waals surface area contributed by atoms with Crippen LogP contribution in [0, 0.1) is 0 Å². The number of rotatable bonds is 4. The molecule has 0 bridgehead atoms.